The van der Waals surface area contributed by atoms with Gasteiger partial charge in [-0.2, -0.15) is 5.10 Å². The van der Waals surface area contributed by atoms with Gasteiger partial charge in [0.2, 0.25) is 16.7 Å². The van der Waals surface area contributed by atoms with Gasteiger partial charge in [-0.25, -0.2) is 5.01 Å². The van der Waals surface area contributed by atoms with Crippen LogP contribution in [0.25, 0.3) is 0 Å². The van der Waals surface area contributed by atoms with Gasteiger partial charge >= 0.3 is 0 Å². The van der Waals surface area contributed by atoms with E-state index < -0.39 is 16.7 Å². The number of para-hydroxylation sites is 1. The fourth-order valence-electron chi connectivity index (χ4n) is 7.15. The number of hydrogen-bond acceptors (Lipinski definition) is 9. The Kier molecular flexibility index (Phi) is 7.96. The molecule has 1 fully saturated rings. The molecule has 0 saturated carbocycles. The summed E-state index contributed by atoms with van der Waals surface area (Å²) in [6.07, 6.45) is 0.497. The molecule has 4 aliphatic heterocycles. The van der Waals surface area contributed by atoms with E-state index in [1.165, 1.54) is 23.7 Å². The molecule has 8 rings (SSSR count). The van der Waals surface area contributed by atoms with Crippen LogP contribution >= 0.6 is 11.8 Å². The van der Waals surface area contributed by atoms with Gasteiger partial charge in [0, 0.05) is 24.6 Å². The minimum absolute atomic E-state index is 0.0361. The van der Waals surface area contributed by atoms with E-state index in [1.54, 1.807) is 53.3 Å². The zero-order valence-corrected chi connectivity index (χ0v) is 28.5. The van der Waals surface area contributed by atoms with Gasteiger partial charge in [0.15, 0.2) is 0 Å². The average molecular weight is 702 g/mol. The number of fused-ring (bicyclic) bond motifs is 3. The van der Waals surface area contributed by atoms with Crippen LogP contribution in [-0.2, 0) is 24.1 Å². The molecule has 256 valence electrons. The number of carbonyl (C=O) groups is 5. The number of hydroxylamine groups is 2. The first-order valence-electron chi connectivity index (χ1n) is 16.3. The predicted octanol–water partition coefficient (Wildman–Crippen LogP) is 4.90. The van der Waals surface area contributed by atoms with Crippen LogP contribution in [0, 0.1) is 0 Å². The molecule has 0 N–H and O–H groups in total. The van der Waals surface area contributed by atoms with E-state index in [2.05, 4.69) is 5.10 Å². The largest absolute Gasteiger partial charge is 0.497 e. The molecule has 1 saturated heterocycles. The minimum Gasteiger partial charge on any atom is -0.497 e. The van der Waals surface area contributed by atoms with Crippen molar-refractivity contribution in [2.45, 2.75) is 24.3 Å². The Bertz CT molecular complexity index is 2120. The first kappa shape index (κ1) is 32.4. The lowest BCUT2D eigenvalue weighted by Gasteiger charge is -2.33. The summed E-state index contributed by atoms with van der Waals surface area (Å²) in [7, 11) is 1.60. The molecular formula is C38H31N5O7S. The SMILES string of the molecule is COc1ccc(C2CC(c3ccc(N4C(=O)CSC45C(=O)N(CCON4C(=O)c6ccccc6C4=O)c4ccccc45)cc3)=NN2C(C)=O)cc1. The highest BCUT2D eigenvalue weighted by molar-refractivity contribution is 8.02. The van der Waals surface area contributed by atoms with Crippen molar-refractivity contribution in [3.05, 3.63) is 125 Å². The number of ether oxygens (including phenoxy) is 1. The topological polar surface area (TPSA) is 129 Å². The number of benzene rings is 4. The van der Waals surface area contributed by atoms with Crippen molar-refractivity contribution in [3.8, 4) is 5.75 Å². The first-order valence-corrected chi connectivity index (χ1v) is 17.3. The third-order valence-electron chi connectivity index (χ3n) is 9.55. The second-order valence-electron chi connectivity index (χ2n) is 12.4. The number of rotatable bonds is 8. The van der Waals surface area contributed by atoms with Crippen molar-refractivity contribution < 1.29 is 33.5 Å². The summed E-state index contributed by atoms with van der Waals surface area (Å²) < 4.78 is 5.29. The maximum Gasteiger partial charge on any atom is 0.285 e. The van der Waals surface area contributed by atoms with E-state index in [4.69, 9.17) is 9.57 Å². The number of carbonyl (C=O) groups excluding carboxylic acids is 5. The van der Waals surface area contributed by atoms with Crippen molar-refractivity contribution in [2.75, 3.05) is 35.8 Å². The average Bonchev–Trinajstić information content (AvgIpc) is 3.88. The van der Waals surface area contributed by atoms with E-state index in [9.17, 15) is 24.0 Å². The maximum absolute atomic E-state index is 14.5. The Hall–Kier alpha value is -5.79. The molecule has 0 aliphatic carbocycles. The number of thioether (sulfide) groups is 1. The number of nitrogens with zero attached hydrogens (tertiary/aromatic N) is 5. The number of methoxy groups -OCH3 is 1. The van der Waals surface area contributed by atoms with Crippen molar-refractivity contribution in [1.29, 1.82) is 0 Å². The summed E-state index contributed by atoms with van der Waals surface area (Å²) in [4.78, 5) is 73.7. The molecule has 0 bridgehead atoms. The summed E-state index contributed by atoms with van der Waals surface area (Å²) in [5.41, 5.74) is 4.79. The first-order chi connectivity index (χ1) is 24.7. The summed E-state index contributed by atoms with van der Waals surface area (Å²) in [6.45, 7) is 1.39. The Labute approximate surface area is 297 Å². The van der Waals surface area contributed by atoms with Gasteiger partial charge in [-0.05, 0) is 53.6 Å². The Morgan fingerprint density at radius 3 is 2.22 bits per heavy atom. The van der Waals surface area contributed by atoms with Crippen LogP contribution < -0.4 is 14.5 Å². The van der Waals surface area contributed by atoms with Gasteiger partial charge in [0.05, 0.1) is 54.6 Å². The van der Waals surface area contributed by atoms with Crippen LogP contribution in [0.5, 0.6) is 5.75 Å². The molecule has 5 amide bonds. The van der Waals surface area contributed by atoms with Gasteiger partial charge in [-0.1, -0.05) is 54.6 Å². The molecule has 13 heteroatoms. The van der Waals surface area contributed by atoms with Crippen molar-refractivity contribution in [2.24, 2.45) is 5.10 Å². The minimum atomic E-state index is -1.36. The molecule has 2 atom stereocenters. The molecule has 2 unspecified atom stereocenters. The van der Waals surface area contributed by atoms with Crippen LogP contribution in [0.2, 0.25) is 0 Å². The van der Waals surface area contributed by atoms with Crippen molar-refractivity contribution in [3.63, 3.8) is 0 Å². The van der Waals surface area contributed by atoms with E-state index in [1.807, 2.05) is 60.7 Å². The predicted molar refractivity (Wildman–Crippen MR) is 189 cm³/mol. The van der Waals surface area contributed by atoms with Gasteiger partial charge in [0.25, 0.3) is 17.7 Å². The fourth-order valence-corrected chi connectivity index (χ4v) is 8.51. The summed E-state index contributed by atoms with van der Waals surface area (Å²) in [5.74, 6) is -1.03. The van der Waals surface area contributed by atoms with Gasteiger partial charge in [-0.15, -0.1) is 16.8 Å². The lowest BCUT2D eigenvalue weighted by atomic mass is 9.98. The highest BCUT2D eigenvalue weighted by Gasteiger charge is 2.61. The molecule has 4 heterocycles. The number of amides is 5. The molecule has 12 nitrogen and oxygen atoms in total. The third-order valence-corrected chi connectivity index (χ3v) is 10.9. The second kappa shape index (κ2) is 12.5. The summed E-state index contributed by atoms with van der Waals surface area (Å²) in [5, 5.41) is 6.89. The standard InChI is InChI=1S/C38H31N5O7S/c1-23(44)42-33(25-13-17-27(49-2)18-14-25)21-31(39-42)24-11-15-26(16-12-24)41-34(45)22-51-38(41)30-9-5-6-10-32(30)40(37(38)48)19-20-50-43-35(46)28-7-3-4-8-29(28)36(43)47/h3-18,33H,19-22H2,1-2H3. The molecule has 4 aromatic carbocycles. The van der Waals surface area contributed by atoms with Crippen LogP contribution in [0.3, 0.4) is 0 Å². The van der Waals surface area contributed by atoms with Crippen LogP contribution in [-0.4, -0.2) is 71.3 Å². The molecule has 4 aromatic rings. The normalized spacial score (nSPS) is 20.8. The smallest absolute Gasteiger partial charge is 0.285 e. The third kappa shape index (κ3) is 5.11. The monoisotopic (exact) mass is 701 g/mol. The lowest BCUT2D eigenvalue weighted by molar-refractivity contribution is -0.130. The van der Waals surface area contributed by atoms with Crippen LogP contribution in [0.15, 0.2) is 102 Å². The number of anilines is 2. The van der Waals surface area contributed by atoms with E-state index in [0.29, 0.717) is 23.4 Å². The Balaban J connectivity index is 1.03. The highest BCUT2D eigenvalue weighted by atomic mass is 32.2. The molecule has 1 spiro atoms. The quantitative estimate of drug-likeness (QED) is 0.238. The molecular weight excluding hydrogens is 671 g/mol. The maximum atomic E-state index is 14.5. The molecule has 0 radical (unpaired) electrons. The number of hydrazone groups is 1. The van der Waals surface area contributed by atoms with Crippen molar-refractivity contribution >= 4 is 58.4 Å². The fraction of sp³-hybridized carbons (Fsp3) is 0.211. The molecule has 0 aromatic heterocycles. The van der Waals surface area contributed by atoms with Crippen LogP contribution in [0.1, 0.15) is 56.8 Å². The van der Waals surface area contributed by atoms with Crippen molar-refractivity contribution in [1.82, 2.24) is 10.1 Å². The zero-order chi connectivity index (χ0) is 35.4. The van der Waals surface area contributed by atoms with E-state index >= 15 is 0 Å². The zero-order valence-electron chi connectivity index (χ0n) is 27.6. The Morgan fingerprint density at radius 1 is 0.882 bits per heavy atom. The highest BCUT2D eigenvalue weighted by Crippen LogP contribution is 2.55. The van der Waals surface area contributed by atoms with Crippen LogP contribution in [0.4, 0.5) is 11.4 Å². The van der Waals surface area contributed by atoms with Gasteiger partial charge in [0.1, 0.15) is 5.75 Å². The Morgan fingerprint density at radius 2 is 1.55 bits per heavy atom. The second-order valence-corrected chi connectivity index (χ2v) is 13.5. The van der Waals surface area contributed by atoms with Gasteiger partial charge in [-0.3, -0.25) is 33.7 Å². The van der Waals surface area contributed by atoms with E-state index in [-0.39, 0.29) is 53.8 Å². The molecule has 4 aliphatic rings. The lowest BCUT2D eigenvalue weighted by Crippen LogP contribution is -2.50. The van der Waals surface area contributed by atoms with E-state index in [0.717, 1.165) is 27.7 Å². The summed E-state index contributed by atoms with van der Waals surface area (Å²) >= 11 is 1.25. The molecule has 51 heavy (non-hydrogen) atoms. The van der Waals surface area contributed by atoms with Gasteiger partial charge < -0.3 is 9.64 Å². The number of hydrogen-bond donors (Lipinski definition) is 0. The summed E-state index contributed by atoms with van der Waals surface area (Å²) in [6, 6.07) is 28.4. The number of imide groups is 1.